The van der Waals surface area contributed by atoms with Gasteiger partial charge in [-0.25, -0.2) is 17.5 Å². The number of carbonyl (C=O) groups is 1. The molecule has 0 aliphatic rings. The monoisotopic (exact) mass is 409 g/mol. The maximum Gasteiger partial charge on any atom is 0.307 e. The number of methoxy groups -OCH3 is 1. The summed E-state index contributed by atoms with van der Waals surface area (Å²) in [6.07, 6.45) is -0.137. The summed E-state index contributed by atoms with van der Waals surface area (Å²) in [6.45, 7) is 3.84. The number of ether oxygens (including phenoxy) is 2. The molecule has 0 fully saturated rings. The Labute approximate surface area is 164 Å². The molecular formula is C20H24FNO5S. The molecule has 8 heteroatoms. The molecular weight excluding hydrogens is 385 g/mol. The largest absolute Gasteiger partial charge is 0.494 e. The predicted molar refractivity (Wildman–Crippen MR) is 103 cm³/mol. The van der Waals surface area contributed by atoms with E-state index in [1.807, 2.05) is 13.8 Å². The maximum atomic E-state index is 13.6. The Morgan fingerprint density at radius 2 is 1.82 bits per heavy atom. The summed E-state index contributed by atoms with van der Waals surface area (Å²) in [5.41, 5.74) is 1.51. The maximum absolute atomic E-state index is 13.6. The SMILES string of the molecule is COc1ccc(COC(=O)CCNS(=O)(=O)c2ccc(C(C)C)cc2)cc1F. The molecule has 0 bridgehead atoms. The van der Waals surface area contributed by atoms with Gasteiger partial charge in [0.2, 0.25) is 10.0 Å². The van der Waals surface area contributed by atoms with Crippen LogP contribution in [0.2, 0.25) is 0 Å². The molecule has 0 saturated carbocycles. The summed E-state index contributed by atoms with van der Waals surface area (Å²) >= 11 is 0. The lowest BCUT2D eigenvalue weighted by atomic mass is 10.0. The smallest absolute Gasteiger partial charge is 0.307 e. The molecule has 0 radical (unpaired) electrons. The van der Waals surface area contributed by atoms with Crippen molar-refractivity contribution in [3.05, 3.63) is 59.4 Å². The van der Waals surface area contributed by atoms with E-state index >= 15 is 0 Å². The van der Waals surface area contributed by atoms with Crippen LogP contribution in [0.5, 0.6) is 5.75 Å². The van der Waals surface area contributed by atoms with E-state index in [4.69, 9.17) is 9.47 Å². The van der Waals surface area contributed by atoms with E-state index in [-0.39, 0.29) is 30.2 Å². The molecule has 28 heavy (non-hydrogen) atoms. The minimum absolute atomic E-state index is 0.0932. The Morgan fingerprint density at radius 1 is 1.14 bits per heavy atom. The van der Waals surface area contributed by atoms with Gasteiger partial charge >= 0.3 is 5.97 Å². The highest BCUT2D eigenvalue weighted by atomic mass is 32.2. The Kier molecular flexibility index (Phi) is 7.53. The lowest BCUT2D eigenvalue weighted by molar-refractivity contribution is -0.144. The van der Waals surface area contributed by atoms with Crippen LogP contribution < -0.4 is 9.46 Å². The van der Waals surface area contributed by atoms with Gasteiger partial charge in [0.1, 0.15) is 6.61 Å². The van der Waals surface area contributed by atoms with Gasteiger partial charge in [-0.3, -0.25) is 4.79 Å². The second-order valence-electron chi connectivity index (χ2n) is 6.50. The Hall–Kier alpha value is -2.45. The van der Waals surface area contributed by atoms with Crippen LogP contribution in [0, 0.1) is 5.82 Å². The number of nitrogens with one attached hydrogen (secondary N) is 1. The van der Waals surface area contributed by atoms with Crippen LogP contribution in [-0.4, -0.2) is 28.0 Å². The minimum Gasteiger partial charge on any atom is -0.494 e. The number of halogens is 1. The summed E-state index contributed by atoms with van der Waals surface area (Å²) in [6, 6.07) is 10.8. The van der Waals surface area contributed by atoms with Crippen molar-refractivity contribution >= 4 is 16.0 Å². The molecule has 2 aromatic carbocycles. The summed E-state index contributed by atoms with van der Waals surface area (Å²) in [5, 5.41) is 0. The van der Waals surface area contributed by atoms with E-state index in [0.717, 1.165) is 5.56 Å². The predicted octanol–water partition coefficient (Wildman–Crippen LogP) is 3.37. The highest BCUT2D eigenvalue weighted by Gasteiger charge is 2.15. The first-order valence-electron chi connectivity index (χ1n) is 8.80. The van der Waals surface area contributed by atoms with E-state index in [1.54, 1.807) is 18.2 Å². The zero-order valence-electron chi connectivity index (χ0n) is 16.1. The summed E-state index contributed by atoms with van der Waals surface area (Å²) in [7, 11) is -2.34. The van der Waals surface area contributed by atoms with Crippen molar-refractivity contribution < 1.29 is 27.1 Å². The standard InChI is InChI=1S/C20H24FNO5S/c1-14(2)16-5-7-17(8-6-16)28(24,25)22-11-10-20(23)27-13-15-4-9-19(26-3)18(21)12-15/h4-9,12,14,22H,10-11,13H2,1-3H3. The molecule has 0 atom stereocenters. The molecule has 0 unspecified atom stereocenters. The highest BCUT2D eigenvalue weighted by Crippen LogP contribution is 2.19. The average Bonchev–Trinajstić information content (AvgIpc) is 2.66. The Bertz CT molecular complexity index is 911. The number of benzene rings is 2. The Morgan fingerprint density at radius 3 is 2.39 bits per heavy atom. The first-order chi connectivity index (χ1) is 13.2. The van der Waals surface area contributed by atoms with E-state index in [1.165, 1.54) is 31.4 Å². The third-order valence-corrected chi connectivity index (χ3v) is 5.57. The molecule has 152 valence electrons. The number of carbonyl (C=O) groups excluding carboxylic acids is 1. The van der Waals surface area contributed by atoms with Gasteiger partial charge in [0, 0.05) is 6.54 Å². The fourth-order valence-corrected chi connectivity index (χ4v) is 3.47. The lowest BCUT2D eigenvalue weighted by Crippen LogP contribution is -2.26. The molecule has 0 heterocycles. The third-order valence-electron chi connectivity index (χ3n) is 4.09. The van der Waals surface area contributed by atoms with Crippen molar-refractivity contribution in [2.75, 3.05) is 13.7 Å². The van der Waals surface area contributed by atoms with Crippen molar-refractivity contribution in [3.8, 4) is 5.75 Å². The normalized spacial score (nSPS) is 11.5. The van der Waals surface area contributed by atoms with E-state index < -0.39 is 21.8 Å². The lowest BCUT2D eigenvalue weighted by Gasteiger charge is -2.10. The molecule has 2 rings (SSSR count). The molecule has 0 aromatic heterocycles. The van der Waals surface area contributed by atoms with Gasteiger partial charge in [-0.1, -0.05) is 32.0 Å². The van der Waals surface area contributed by atoms with E-state index in [0.29, 0.717) is 11.5 Å². The minimum atomic E-state index is -3.70. The van der Waals surface area contributed by atoms with Gasteiger partial charge in [-0.2, -0.15) is 0 Å². The Balaban J connectivity index is 1.81. The molecule has 2 aromatic rings. The van der Waals surface area contributed by atoms with Crippen LogP contribution in [-0.2, 0) is 26.2 Å². The van der Waals surface area contributed by atoms with Crippen LogP contribution in [0.3, 0.4) is 0 Å². The number of hydrogen-bond acceptors (Lipinski definition) is 5. The zero-order valence-corrected chi connectivity index (χ0v) is 16.9. The van der Waals surface area contributed by atoms with Crippen molar-refractivity contribution in [1.29, 1.82) is 0 Å². The number of rotatable bonds is 9. The fourth-order valence-electron chi connectivity index (χ4n) is 2.44. The highest BCUT2D eigenvalue weighted by molar-refractivity contribution is 7.89. The summed E-state index contributed by atoms with van der Waals surface area (Å²) in [4.78, 5) is 11.9. The van der Waals surface area contributed by atoms with Gasteiger partial charge in [0.05, 0.1) is 18.4 Å². The molecule has 0 spiro atoms. The number of sulfonamides is 1. The zero-order chi connectivity index (χ0) is 20.7. The average molecular weight is 409 g/mol. The van der Waals surface area contributed by atoms with E-state index in [9.17, 15) is 17.6 Å². The quantitative estimate of drug-likeness (QED) is 0.642. The topological polar surface area (TPSA) is 81.7 Å². The molecule has 0 saturated heterocycles. The second kappa shape index (κ2) is 9.66. The van der Waals surface area contributed by atoms with Gasteiger partial charge in [0.15, 0.2) is 11.6 Å². The third kappa shape index (κ3) is 6.03. The first kappa shape index (κ1) is 21.8. The van der Waals surface area contributed by atoms with E-state index in [2.05, 4.69) is 4.72 Å². The fraction of sp³-hybridized carbons (Fsp3) is 0.350. The molecule has 0 aliphatic carbocycles. The van der Waals surface area contributed by atoms with Crippen molar-refractivity contribution in [2.45, 2.75) is 37.7 Å². The molecule has 1 N–H and O–H groups in total. The molecule has 0 amide bonds. The number of esters is 1. The van der Waals surface area contributed by atoms with Crippen LogP contribution in [0.15, 0.2) is 47.4 Å². The van der Waals surface area contributed by atoms with Crippen LogP contribution in [0.4, 0.5) is 4.39 Å². The van der Waals surface area contributed by atoms with Crippen molar-refractivity contribution in [2.24, 2.45) is 0 Å². The van der Waals surface area contributed by atoms with Gasteiger partial charge < -0.3 is 9.47 Å². The first-order valence-corrected chi connectivity index (χ1v) is 10.3. The van der Waals surface area contributed by atoms with Crippen molar-refractivity contribution in [3.63, 3.8) is 0 Å². The molecule has 6 nitrogen and oxygen atoms in total. The van der Waals surface area contributed by atoms with Gasteiger partial charge in [-0.05, 0) is 41.3 Å². The second-order valence-corrected chi connectivity index (χ2v) is 8.27. The number of hydrogen-bond donors (Lipinski definition) is 1. The molecule has 0 aliphatic heterocycles. The van der Waals surface area contributed by atoms with Crippen LogP contribution in [0.1, 0.15) is 37.3 Å². The van der Waals surface area contributed by atoms with Crippen LogP contribution in [0.25, 0.3) is 0 Å². The van der Waals surface area contributed by atoms with Crippen molar-refractivity contribution in [1.82, 2.24) is 4.72 Å². The van der Waals surface area contributed by atoms with Gasteiger partial charge in [0.25, 0.3) is 0 Å². The summed E-state index contributed by atoms with van der Waals surface area (Å²) < 4.78 is 50.3. The van der Waals surface area contributed by atoms with Crippen LogP contribution >= 0.6 is 0 Å². The summed E-state index contributed by atoms with van der Waals surface area (Å²) in [5.74, 6) is -0.731. The van der Waals surface area contributed by atoms with Gasteiger partial charge in [-0.15, -0.1) is 0 Å².